The van der Waals surface area contributed by atoms with Gasteiger partial charge in [-0.05, 0) is 18.2 Å². The fraction of sp³-hybridized carbons (Fsp3) is 0.200. The van der Waals surface area contributed by atoms with Crippen molar-refractivity contribution in [1.29, 1.82) is 0 Å². The molecule has 1 amide bonds. The first kappa shape index (κ1) is 19.0. The number of aromatic nitrogens is 4. The molecule has 0 aliphatic rings. The first-order valence-electron chi connectivity index (χ1n) is 9.06. The highest BCUT2D eigenvalue weighted by Gasteiger charge is 2.18. The number of hydrogen-bond acceptors (Lipinski definition) is 6. The number of Topliss-reactive ketones (excluding diaryl/α,β-unsaturated/α-hetero) is 1. The van der Waals surface area contributed by atoms with Crippen LogP contribution in [0.4, 0.5) is 0 Å². The molecular weight excluding hydrogens is 390 g/mol. The van der Waals surface area contributed by atoms with Gasteiger partial charge in [-0.25, -0.2) is 0 Å². The summed E-state index contributed by atoms with van der Waals surface area (Å²) in [4.78, 5) is 27.0. The van der Waals surface area contributed by atoms with Crippen LogP contribution in [-0.2, 0) is 17.8 Å². The topological polar surface area (TPSA) is 120 Å². The highest BCUT2D eigenvalue weighted by Crippen LogP contribution is 2.24. The molecular formula is C20H19N5O3S. The van der Waals surface area contributed by atoms with E-state index in [4.69, 9.17) is 10.2 Å². The molecule has 29 heavy (non-hydrogen) atoms. The molecule has 9 heteroatoms. The monoisotopic (exact) mass is 409 g/mol. The maximum Gasteiger partial charge on any atom is 0.217 e. The summed E-state index contributed by atoms with van der Waals surface area (Å²) < 4.78 is 7.28. The van der Waals surface area contributed by atoms with Gasteiger partial charge in [0.15, 0.2) is 10.9 Å². The number of nitrogens with zero attached hydrogens (tertiary/aromatic N) is 3. The molecule has 0 spiro atoms. The molecule has 0 aliphatic heterocycles. The number of ketones is 1. The molecule has 3 heterocycles. The summed E-state index contributed by atoms with van der Waals surface area (Å²) in [5.41, 5.74) is 6.84. The van der Waals surface area contributed by atoms with Crippen molar-refractivity contribution < 1.29 is 14.0 Å². The largest absolute Gasteiger partial charge is 0.467 e. The van der Waals surface area contributed by atoms with Crippen LogP contribution in [0.15, 0.2) is 58.4 Å². The number of aryl methyl sites for hydroxylation is 1. The van der Waals surface area contributed by atoms with Crippen molar-refractivity contribution in [2.45, 2.75) is 24.5 Å². The number of nitrogens with one attached hydrogen (secondary N) is 1. The van der Waals surface area contributed by atoms with E-state index < -0.39 is 5.91 Å². The molecule has 0 atom stereocenters. The third-order valence-electron chi connectivity index (χ3n) is 4.50. The molecule has 0 radical (unpaired) electrons. The van der Waals surface area contributed by atoms with Crippen LogP contribution in [0.1, 0.15) is 28.4 Å². The van der Waals surface area contributed by atoms with E-state index in [1.807, 2.05) is 34.9 Å². The summed E-state index contributed by atoms with van der Waals surface area (Å²) in [6.45, 7) is 0.414. The van der Waals surface area contributed by atoms with Crippen molar-refractivity contribution in [1.82, 2.24) is 19.7 Å². The molecule has 148 valence electrons. The molecule has 8 nitrogen and oxygen atoms in total. The van der Waals surface area contributed by atoms with Crippen molar-refractivity contribution >= 4 is 34.4 Å². The van der Waals surface area contributed by atoms with Gasteiger partial charge in [0.1, 0.15) is 11.6 Å². The summed E-state index contributed by atoms with van der Waals surface area (Å²) >= 11 is 1.31. The van der Waals surface area contributed by atoms with Gasteiger partial charge in [-0.1, -0.05) is 30.0 Å². The highest BCUT2D eigenvalue weighted by molar-refractivity contribution is 7.99. The minimum atomic E-state index is -0.402. The van der Waals surface area contributed by atoms with E-state index >= 15 is 0 Å². The number of carbonyl (C=O) groups excluding carboxylic acids is 2. The molecule has 0 fully saturated rings. The number of furan rings is 1. The molecule has 3 N–H and O–H groups in total. The summed E-state index contributed by atoms with van der Waals surface area (Å²) in [5.74, 6) is 1.17. The Balaban J connectivity index is 1.52. The lowest BCUT2D eigenvalue weighted by Crippen LogP contribution is -2.14. The van der Waals surface area contributed by atoms with Gasteiger partial charge < -0.3 is 15.1 Å². The minimum absolute atomic E-state index is 0.00122. The second kappa shape index (κ2) is 8.36. The summed E-state index contributed by atoms with van der Waals surface area (Å²) in [5, 5.41) is 9.89. The number of H-pyrrole nitrogens is 1. The van der Waals surface area contributed by atoms with Gasteiger partial charge in [-0.15, -0.1) is 10.2 Å². The molecule has 0 aliphatic carbocycles. The molecule has 0 saturated heterocycles. The number of primary amides is 1. The Bertz CT molecular complexity index is 1150. The number of aromatic amines is 1. The molecule has 0 saturated carbocycles. The summed E-state index contributed by atoms with van der Waals surface area (Å²) in [6, 6.07) is 11.3. The Morgan fingerprint density at radius 1 is 1.17 bits per heavy atom. The van der Waals surface area contributed by atoms with Crippen LogP contribution in [0, 0.1) is 0 Å². The quantitative estimate of drug-likeness (QED) is 0.324. The number of nitrogens with two attached hydrogens (primary N) is 1. The number of rotatable bonds is 9. The lowest BCUT2D eigenvalue weighted by Gasteiger charge is -2.08. The van der Waals surface area contributed by atoms with Crippen molar-refractivity contribution in [3.63, 3.8) is 0 Å². The van der Waals surface area contributed by atoms with Crippen LogP contribution in [0.5, 0.6) is 0 Å². The maximum absolute atomic E-state index is 12.8. The fourth-order valence-electron chi connectivity index (χ4n) is 3.07. The van der Waals surface area contributed by atoms with Gasteiger partial charge in [0, 0.05) is 35.5 Å². The first-order chi connectivity index (χ1) is 14.1. The average molecular weight is 409 g/mol. The number of thioether (sulfide) groups is 1. The van der Waals surface area contributed by atoms with E-state index in [0.29, 0.717) is 29.5 Å². The molecule has 0 bridgehead atoms. The third-order valence-corrected chi connectivity index (χ3v) is 5.47. The van der Waals surface area contributed by atoms with E-state index in [0.717, 1.165) is 16.7 Å². The van der Waals surface area contributed by atoms with Gasteiger partial charge in [-0.3, -0.25) is 14.2 Å². The Morgan fingerprint density at radius 2 is 2.03 bits per heavy atom. The van der Waals surface area contributed by atoms with E-state index in [1.165, 1.54) is 11.8 Å². The van der Waals surface area contributed by atoms with Crippen molar-refractivity contribution in [2.24, 2.45) is 5.73 Å². The highest BCUT2D eigenvalue weighted by atomic mass is 32.2. The molecule has 4 rings (SSSR count). The lowest BCUT2D eigenvalue weighted by molar-refractivity contribution is -0.118. The molecule has 3 aromatic heterocycles. The predicted octanol–water partition coefficient (Wildman–Crippen LogP) is 2.79. The number of para-hydroxylation sites is 1. The van der Waals surface area contributed by atoms with Gasteiger partial charge >= 0.3 is 0 Å². The zero-order valence-electron chi connectivity index (χ0n) is 15.5. The predicted molar refractivity (Wildman–Crippen MR) is 109 cm³/mol. The smallest absolute Gasteiger partial charge is 0.217 e. The second-order valence-corrected chi connectivity index (χ2v) is 7.43. The van der Waals surface area contributed by atoms with E-state index in [-0.39, 0.29) is 18.0 Å². The van der Waals surface area contributed by atoms with Crippen molar-refractivity contribution in [3.05, 3.63) is 66.0 Å². The molecule has 4 aromatic rings. The minimum Gasteiger partial charge on any atom is -0.467 e. The Labute approximate surface area is 170 Å². The van der Waals surface area contributed by atoms with Gasteiger partial charge in [0.05, 0.1) is 18.6 Å². The zero-order valence-corrected chi connectivity index (χ0v) is 16.3. The zero-order chi connectivity index (χ0) is 20.2. The number of hydrogen-bond donors (Lipinski definition) is 2. The van der Waals surface area contributed by atoms with E-state index in [2.05, 4.69) is 15.2 Å². The summed E-state index contributed by atoms with van der Waals surface area (Å²) in [6.07, 6.45) is 3.88. The Morgan fingerprint density at radius 3 is 2.83 bits per heavy atom. The number of amides is 1. The normalized spacial score (nSPS) is 11.2. The maximum atomic E-state index is 12.8. The van der Waals surface area contributed by atoms with Crippen LogP contribution in [0.3, 0.4) is 0 Å². The Kier molecular flexibility index (Phi) is 5.48. The fourth-order valence-corrected chi connectivity index (χ4v) is 3.91. The SMILES string of the molecule is NC(=O)CCc1nnc(SCC(=O)c2c[nH]c3ccccc23)n1Cc1ccco1. The lowest BCUT2D eigenvalue weighted by atomic mass is 10.1. The van der Waals surface area contributed by atoms with E-state index in [1.54, 1.807) is 18.5 Å². The van der Waals surface area contributed by atoms with Gasteiger partial charge in [-0.2, -0.15) is 0 Å². The first-order valence-corrected chi connectivity index (χ1v) is 10.1. The third kappa shape index (κ3) is 4.24. The average Bonchev–Trinajstić information content (AvgIpc) is 3.45. The second-order valence-electron chi connectivity index (χ2n) is 6.49. The van der Waals surface area contributed by atoms with E-state index in [9.17, 15) is 9.59 Å². The van der Waals surface area contributed by atoms with Crippen LogP contribution >= 0.6 is 11.8 Å². The van der Waals surface area contributed by atoms with Crippen LogP contribution in [0.25, 0.3) is 10.9 Å². The molecule has 0 unspecified atom stereocenters. The number of benzene rings is 1. The molecule has 1 aromatic carbocycles. The number of carbonyl (C=O) groups is 2. The van der Waals surface area contributed by atoms with Crippen molar-refractivity contribution in [3.8, 4) is 0 Å². The number of fused-ring (bicyclic) bond motifs is 1. The van der Waals surface area contributed by atoms with Gasteiger partial charge in [0.25, 0.3) is 0 Å². The Hall–Kier alpha value is -3.33. The van der Waals surface area contributed by atoms with Gasteiger partial charge in [0.2, 0.25) is 5.91 Å². The summed E-state index contributed by atoms with van der Waals surface area (Å²) in [7, 11) is 0. The van der Waals surface area contributed by atoms with Crippen LogP contribution < -0.4 is 5.73 Å². The van der Waals surface area contributed by atoms with Crippen LogP contribution in [-0.4, -0.2) is 37.2 Å². The van der Waals surface area contributed by atoms with Crippen LogP contribution in [0.2, 0.25) is 0 Å². The van der Waals surface area contributed by atoms with Crippen molar-refractivity contribution in [2.75, 3.05) is 5.75 Å². The standard InChI is InChI=1S/C20H19N5O3S/c21-18(27)7-8-19-23-24-20(25(19)11-13-4-3-9-28-13)29-12-17(26)15-10-22-16-6-2-1-5-14(15)16/h1-6,9-10,22H,7-8,11-12H2,(H2,21,27).